The smallest absolute Gasteiger partial charge is 0.251 e. The maximum absolute atomic E-state index is 11.4. The van der Waals surface area contributed by atoms with E-state index in [4.69, 9.17) is 5.73 Å². The van der Waals surface area contributed by atoms with Crippen LogP contribution in [0.15, 0.2) is 35.4 Å². The van der Waals surface area contributed by atoms with Crippen LogP contribution in [0.5, 0.6) is 0 Å². The predicted octanol–water partition coefficient (Wildman–Crippen LogP) is 0.257. The van der Waals surface area contributed by atoms with Crippen molar-refractivity contribution in [2.75, 3.05) is 6.54 Å². The third kappa shape index (κ3) is 3.22. The number of aromatic nitrogens is 3. The van der Waals surface area contributed by atoms with E-state index in [2.05, 4.69) is 15.0 Å². The van der Waals surface area contributed by atoms with Crippen LogP contribution in [0.2, 0.25) is 0 Å². The minimum Gasteiger partial charge on any atom is -0.330 e. The van der Waals surface area contributed by atoms with Crippen molar-refractivity contribution in [2.45, 2.75) is 12.8 Å². The molecule has 2 aromatic heterocycles. The zero-order valence-corrected chi connectivity index (χ0v) is 9.39. The second-order valence-electron chi connectivity index (χ2n) is 3.75. The topological polar surface area (TPSA) is 84.7 Å². The summed E-state index contributed by atoms with van der Waals surface area (Å²) in [7, 11) is 0. The Morgan fingerprint density at radius 1 is 1.29 bits per heavy atom. The number of nitrogens with two attached hydrogens (primary N) is 1. The van der Waals surface area contributed by atoms with Crippen LogP contribution in [-0.4, -0.2) is 21.5 Å². The van der Waals surface area contributed by atoms with Crippen molar-refractivity contribution < 1.29 is 0 Å². The number of hydrogen-bond acceptors (Lipinski definition) is 4. The molecule has 0 atom stereocenters. The fourth-order valence-electron chi connectivity index (χ4n) is 1.62. The van der Waals surface area contributed by atoms with Crippen molar-refractivity contribution in [1.29, 1.82) is 0 Å². The summed E-state index contributed by atoms with van der Waals surface area (Å²) in [5, 5.41) is 0. The third-order valence-corrected chi connectivity index (χ3v) is 2.37. The van der Waals surface area contributed by atoms with Crippen LogP contribution in [0.1, 0.15) is 17.1 Å². The minimum atomic E-state index is -0.132. The Bertz CT molecular complexity index is 536. The molecular formula is C12H14N4O. The number of nitrogens with zero attached hydrogens (tertiary/aromatic N) is 2. The molecule has 17 heavy (non-hydrogen) atoms. The summed E-state index contributed by atoms with van der Waals surface area (Å²) in [6.45, 7) is 0.491. The molecule has 0 fully saturated rings. The first-order valence-electron chi connectivity index (χ1n) is 5.46. The summed E-state index contributed by atoms with van der Waals surface area (Å²) in [6, 6.07) is 5.29. The van der Waals surface area contributed by atoms with Crippen LogP contribution in [0, 0.1) is 0 Å². The largest absolute Gasteiger partial charge is 0.330 e. The molecule has 0 unspecified atom stereocenters. The number of aromatic amines is 1. The van der Waals surface area contributed by atoms with Crippen LogP contribution in [0.4, 0.5) is 0 Å². The second-order valence-corrected chi connectivity index (χ2v) is 3.75. The Labute approximate surface area is 98.7 Å². The maximum atomic E-state index is 11.4. The molecule has 0 amide bonds. The zero-order valence-electron chi connectivity index (χ0n) is 9.39. The van der Waals surface area contributed by atoms with E-state index in [-0.39, 0.29) is 5.56 Å². The molecular weight excluding hydrogens is 216 g/mol. The normalized spacial score (nSPS) is 10.4. The average molecular weight is 230 g/mol. The first kappa shape index (κ1) is 11.5. The van der Waals surface area contributed by atoms with E-state index in [1.54, 1.807) is 12.4 Å². The molecule has 2 rings (SSSR count). The Balaban J connectivity index is 2.24. The molecule has 88 valence electrons. The summed E-state index contributed by atoms with van der Waals surface area (Å²) in [5.74, 6) is 0.659. The van der Waals surface area contributed by atoms with Crippen molar-refractivity contribution in [3.8, 4) is 0 Å². The van der Waals surface area contributed by atoms with E-state index >= 15 is 0 Å². The van der Waals surface area contributed by atoms with E-state index in [9.17, 15) is 4.79 Å². The van der Waals surface area contributed by atoms with Gasteiger partial charge in [-0.25, -0.2) is 4.98 Å². The van der Waals surface area contributed by atoms with E-state index < -0.39 is 0 Å². The highest BCUT2D eigenvalue weighted by molar-refractivity contribution is 5.16. The molecule has 0 aliphatic rings. The summed E-state index contributed by atoms with van der Waals surface area (Å²) >= 11 is 0. The van der Waals surface area contributed by atoms with Crippen molar-refractivity contribution in [2.24, 2.45) is 5.73 Å². The fraction of sp³-hybridized carbons (Fsp3) is 0.250. The van der Waals surface area contributed by atoms with Crippen molar-refractivity contribution in [3.63, 3.8) is 0 Å². The van der Waals surface area contributed by atoms with Crippen molar-refractivity contribution in [1.82, 2.24) is 15.0 Å². The lowest BCUT2D eigenvalue weighted by Gasteiger charge is -2.03. The van der Waals surface area contributed by atoms with Crippen LogP contribution in [0.25, 0.3) is 0 Å². The van der Waals surface area contributed by atoms with Crippen molar-refractivity contribution in [3.05, 3.63) is 58.0 Å². The molecule has 2 heterocycles. The monoisotopic (exact) mass is 230 g/mol. The highest BCUT2D eigenvalue weighted by Crippen LogP contribution is 2.03. The Morgan fingerprint density at radius 3 is 2.76 bits per heavy atom. The number of hydrogen-bond donors (Lipinski definition) is 2. The van der Waals surface area contributed by atoms with Gasteiger partial charge in [0.1, 0.15) is 5.82 Å². The molecule has 5 nitrogen and oxygen atoms in total. The van der Waals surface area contributed by atoms with Gasteiger partial charge < -0.3 is 10.7 Å². The van der Waals surface area contributed by atoms with Crippen LogP contribution in [0.3, 0.4) is 0 Å². The lowest BCUT2D eigenvalue weighted by molar-refractivity contribution is 0.854. The molecule has 0 bridgehead atoms. The first-order valence-corrected chi connectivity index (χ1v) is 5.46. The van der Waals surface area contributed by atoms with E-state index in [1.807, 2.05) is 12.1 Å². The number of pyridine rings is 1. The molecule has 0 aliphatic heterocycles. The summed E-state index contributed by atoms with van der Waals surface area (Å²) in [6.07, 6.45) is 4.65. The summed E-state index contributed by atoms with van der Waals surface area (Å²) in [5.41, 5.74) is 7.12. The Kier molecular flexibility index (Phi) is 3.62. The predicted molar refractivity (Wildman–Crippen MR) is 64.7 cm³/mol. The standard InChI is InChI=1S/C12H14N4O/c13-4-1-10-8-12(17)16-11(15-10)7-9-2-5-14-6-3-9/h2-3,5-6,8H,1,4,7,13H2,(H,15,16,17). The molecule has 0 radical (unpaired) electrons. The highest BCUT2D eigenvalue weighted by atomic mass is 16.1. The number of rotatable bonds is 4. The van der Waals surface area contributed by atoms with Crippen LogP contribution < -0.4 is 11.3 Å². The molecule has 0 aromatic carbocycles. The molecule has 0 spiro atoms. The van der Waals surface area contributed by atoms with Gasteiger partial charge >= 0.3 is 0 Å². The van der Waals surface area contributed by atoms with E-state index in [0.29, 0.717) is 25.2 Å². The van der Waals surface area contributed by atoms with Gasteiger partial charge in [0, 0.05) is 37.0 Å². The Morgan fingerprint density at radius 2 is 2.06 bits per heavy atom. The highest BCUT2D eigenvalue weighted by Gasteiger charge is 2.02. The van der Waals surface area contributed by atoms with Gasteiger partial charge in [-0.1, -0.05) is 0 Å². The molecule has 0 saturated carbocycles. The SMILES string of the molecule is NCCc1cc(=O)[nH]c(Cc2ccncc2)n1. The summed E-state index contributed by atoms with van der Waals surface area (Å²) in [4.78, 5) is 22.5. The Hall–Kier alpha value is -2.01. The van der Waals surface area contributed by atoms with Gasteiger partial charge in [0.25, 0.3) is 5.56 Å². The molecule has 0 aliphatic carbocycles. The third-order valence-electron chi connectivity index (χ3n) is 2.37. The van der Waals surface area contributed by atoms with Gasteiger partial charge in [-0.05, 0) is 24.2 Å². The number of nitrogens with one attached hydrogen (secondary N) is 1. The zero-order chi connectivity index (χ0) is 12.1. The van der Waals surface area contributed by atoms with Crippen molar-refractivity contribution >= 4 is 0 Å². The summed E-state index contributed by atoms with van der Waals surface area (Å²) < 4.78 is 0. The lowest BCUT2D eigenvalue weighted by atomic mass is 10.2. The van der Waals surface area contributed by atoms with Gasteiger partial charge in [0.2, 0.25) is 0 Å². The molecule has 5 heteroatoms. The quantitative estimate of drug-likeness (QED) is 0.788. The van der Waals surface area contributed by atoms with E-state index in [0.717, 1.165) is 11.3 Å². The minimum absolute atomic E-state index is 0.132. The van der Waals surface area contributed by atoms with E-state index in [1.165, 1.54) is 6.07 Å². The fourth-order valence-corrected chi connectivity index (χ4v) is 1.62. The molecule has 3 N–H and O–H groups in total. The van der Waals surface area contributed by atoms with Gasteiger partial charge in [0.05, 0.1) is 0 Å². The first-order chi connectivity index (χ1) is 8.28. The second kappa shape index (κ2) is 5.36. The van der Waals surface area contributed by atoms with Crippen LogP contribution in [-0.2, 0) is 12.8 Å². The van der Waals surface area contributed by atoms with Crippen LogP contribution >= 0.6 is 0 Å². The lowest BCUT2D eigenvalue weighted by Crippen LogP contribution is -2.15. The van der Waals surface area contributed by atoms with Gasteiger partial charge in [0.15, 0.2) is 0 Å². The maximum Gasteiger partial charge on any atom is 0.251 e. The molecule has 2 aromatic rings. The average Bonchev–Trinajstić information content (AvgIpc) is 2.30. The van der Waals surface area contributed by atoms with Gasteiger partial charge in [-0.15, -0.1) is 0 Å². The van der Waals surface area contributed by atoms with Gasteiger partial charge in [-0.3, -0.25) is 9.78 Å². The molecule has 0 saturated heterocycles. The number of H-pyrrole nitrogens is 1. The van der Waals surface area contributed by atoms with Gasteiger partial charge in [-0.2, -0.15) is 0 Å².